The molecule has 2 aromatic carbocycles. The number of benzene rings is 2. The van der Waals surface area contributed by atoms with Gasteiger partial charge in [0.1, 0.15) is 13.2 Å². The number of hydrogen-bond acceptors (Lipinski definition) is 6. The summed E-state index contributed by atoms with van der Waals surface area (Å²) in [4.78, 5) is 31.5. The molecule has 1 aliphatic heterocycles. The Morgan fingerprint density at radius 2 is 1.64 bits per heavy atom. The van der Waals surface area contributed by atoms with Crippen LogP contribution in [0.25, 0.3) is 11.3 Å². The molecular weight excluding hydrogens is 454 g/mol. The molecule has 1 saturated heterocycles. The number of aromatic nitrogens is 2. The molecule has 0 radical (unpaired) electrons. The number of nitrogens with zero attached hydrogens (tertiary/aromatic N) is 5. The minimum atomic E-state index is -0.235. The Morgan fingerprint density at radius 3 is 2.25 bits per heavy atom. The van der Waals surface area contributed by atoms with Gasteiger partial charge in [0.25, 0.3) is 0 Å². The van der Waals surface area contributed by atoms with Crippen LogP contribution in [0, 0.1) is 6.92 Å². The molecule has 1 aliphatic rings. The van der Waals surface area contributed by atoms with Crippen molar-refractivity contribution in [2.24, 2.45) is 0 Å². The molecule has 8 heteroatoms. The van der Waals surface area contributed by atoms with Crippen LogP contribution in [0.2, 0.25) is 0 Å². The van der Waals surface area contributed by atoms with E-state index in [0.29, 0.717) is 26.2 Å². The zero-order valence-electron chi connectivity index (χ0n) is 21.1. The number of rotatable bonds is 8. The van der Waals surface area contributed by atoms with E-state index in [2.05, 4.69) is 34.2 Å². The third-order valence-corrected chi connectivity index (χ3v) is 6.60. The highest BCUT2D eigenvalue weighted by Gasteiger charge is 2.28. The normalized spacial score (nSPS) is 14.4. The highest BCUT2D eigenvalue weighted by Crippen LogP contribution is 2.22. The topological polar surface area (TPSA) is 78.9 Å². The van der Waals surface area contributed by atoms with Gasteiger partial charge in [-0.05, 0) is 31.5 Å². The van der Waals surface area contributed by atoms with Gasteiger partial charge in [-0.15, -0.1) is 10.2 Å². The van der Waals surface area contributed by atoms with Crippen molar-refractivity contribution in [3.63, 3.8) is 0 Å². The van der Waals surface area contributed by atoms with E-state index in [1.54, 1.807) is 4.90 Å². The Labute approximate surface area is 212 Å². The zero-order chi connectivity index (χ0) is 25.5. The summed E-state index contributed by atoms with van der Waals surface area (Å²) in [6.07, 6.45) is 0. The number of carbonyl (C=O) groups is 2. The maximum Gasteiger partial charge on any atom is 0.249 e. The lowest BCUT2D eigenvalue weighted by Gasteiger charge is -2.37. The molecule has 0 N–H and O–H groups in total. The number of anilines is 1. The van der Waals surface area contributed by atoms with Gasteiger partial charge in [-0.2, -0.15) is 0 Å². The number of piperazine rings is 1. The average Bonchev–Trinajstić information content (AvgIpc) is 2.92. The van der Waals surface area contributed by atoms with Crippen LogP contribution in [0.15, 0.2) is 66.7 Å². The smallest absolute Gasteiger partial charge is 0.249 e. The van der Waals surface area contributed by atoms with Crippen molar-refractivity contribution in [2.45, 2.75) is 19.9 Å². The van der Waals surface area contributed by atoms with Crippen molar-refractivity contribution in [2.75, 3.05) is 51.3 Å². The number of aryl methyl sites for hydroxylation is 1. The maximum atomic E-state index is 13.2. The largest absolute Gasteiger partial charge is 0.375 e. The summed E-state index contributed by atoms with van der Waals surface area (Å²) in [5.74, 6) is 0.528. The summed E-state index contributed by atoms with van der Waals surface area (Å²) in [5, 5.41) is 8.83. The fraction of sp³-hybridized carbons (Fsp3) is 0.357. The van der Waals surface area contributed by atoms with Crippen LogP contribution in [0.5, 0.6) is 0 Å². The summed E-state index contributed by atoms with van der Waals surface area (Å²) in [6.45, 7) is 6.39. The van der Waals surface area contributed by atoms with Crippen molar-refractivity contribution in [3.8, 4) is 11.3 Å². The average molecular weight is 488 g/mol. The summed E-state index contributed by atoms with van der Waals surface area (Å²) in [5.41, 5.74) is 4.05. The van der Waals surface area contributed by atoms with Gasteiger partial charge < -0.3 is 19.4 Å². The van der Waals surface area contributed by atoms with E-state index in [0.717, 1.165) is 22.6 Å². The summed E-state index contributed by atoms with van der Waals surface area (Å²) in [7, 11) is 1.49. The first kappa shape index (κ1) is 25.3. The van der Waals surface area contributed by atoms with E-state index in [1.165, 1.54) is 12.7 Å². The molecule has 3 aromatic rings. The monoisotopic (exact) mass is 487 g/mol. The minimum Gasteiger partial charge on any atom is -0.375 e. The van der Waals surface area contributed by atoms with Crippen LogP contribution in [0.1, 0.15) is 24.1 Å². The predicted molar refractivity (Wildman–Crippen MR) is 139 cm³/mol. The van der Waals surface area contributed by atoms with E-state index < -0.39 is 0 Å². The minimum absolute atomic E-state index is 0.0172. The van der Waals surface area contributed by atoms with E-state index in [4.69, 9.17) is 4.74 Å². The van der Waals surface area contributed by atoms with Crippen LogP contribution >= 0.6 is 0 Å². The SMILES string of the molecule is COCC(=O)N(CC(=O)N1CCN(c2ccc(-c3ccc(C)cc3)nn2)CC1)C(C)c1ccccc1. The van der Waals surface area contributed by atoms with Crippen molar-refractivity contribution >= 4 is 17.6 Å². The molecule has 8 nitrogen and oxygen atoms in total. The van der Waals surface area contributed by atoms with Gasteiger partial charge in [0, 0.05) is 38.9 Å². The Hall–Kier alpha value is -3.78. The number of amides is 2. The van der Waals surface area contributed by atoms with Crippen LogP contribution in [0.4, 0.5) is 5.82 Å². The second kappa shape index (κ2) is 11.8. The summed E-state index contributed by atoms with van der Waals surface area (Å²) < 4.78 is 5.07. The van der Waals surface area contributed by atoms with Gasteiger partial charge in [-0.25, -0.2) is 0 Å². The van der Waals surface area contributed by atoms with E-state index >= 15 is 0 Å². The van der Waals surface area contributed by atoms with Gasteiger partial charge in [-0.1, -0.05) is 60.2 Å². The molecular formula is C28H33N5O3. The number of methoxy groups -OCH3 is 1. The third kappa shape index (κ3) is 6.07. The molecule has 0 bridgehead atoms. The lowest BCUT2D eigenvalue weighted by atomic mass is 10.1. The maximum absolute atomic E-state index is 13.2. The van der Waals surface area contributed by atoms with E-state index in [1.807, 2.05) is 66.4 Å². The van der Waals surface area contributed by atoms with Crippen molar-refractivity contribution in [1.82, 2.24) is 20.0 Å². The molecule has 0 spiro atoms. The van der Waals surface area contributed by atoms with Gasteiger partial charge in [0.05, 0.1) is 11.7 Å². The fourth-order valence-electron chi connectivity index (χ4n) is 4.36. The Bertz CT molecular complexity index is 1140. The fourth-order valence-corrected chi connectivity index (χ4v) is 4.36. The lowest BCUT2D eigenvalue weighted by Crippen LogP contribution is -2.52. The first-order chi connectivity index (χ1) is 17.5. The highest BCUT2D eigenvalue weighted by molar-refractivity contribution is 5.86. The molecule has 1 aromatic heterocycles. The quantitative estimate of drug-likeness (QED) is 0.485. The molecule has 1 fully saturated rings. The molecule has 188 valence electrons. The van der Waals surface area contributed by atoms with Crippen molar-refractivity contribution < 1.29 is 14.3 Å². The Morgan fingerprint density at radius 1 is 0.944 bits per heavy atom. The summed E-state index contributed by atoms with van der Waals surface area (Å²) in [6, 6.07) is 21.7. The second-order valence-corrected chi connectivity index (χ2v) is 9.05. The lowest BCUT2D eigenvalue weighted by molar-refractivity contribution is -0.144. The van der Waals surface area contributed by atoms with Crippen molar-refractivity contribution in [3.05, 3.63) is 77.9 Å². The zero-order valence-corrected chi connectivity index (χ0v) is 21.1. The molecule has 1 atom stereocenters. The van der Waals surface area contributed by atoms with Crippen LogP contribution in [-0.4, -0.2) is 78.3 Å². The standard InChI is InChI=1S/C28H33N5O3/c1-21-9-11-24(12-10-21)25-13-14-26(30-29-25)31-15-17-32(18-16-31)27(34)19-33(28(35)20-36-3)22(2)23-7-5-4-6-8-23/h4-14,22H,15-20H2,1-3H3. The van der Waals surface area contributed by atoms with E-state index in [9.17, 15) is 9.59 Å². The number of hydrogen-bond donors (Lipinski definition) is 0. The second-order valence-electron chi connectivity index (χ2n) is 9.05. The molecule has 0 aliphatic carbocycles. The molecule has 2 heterocycles. The van der Waals surface area contributed by atoms with Gasteiger partial charge >= 0.3 is 0 Å². The Balaban J connectivity index is 1.36. The van der Waals surface area contributed by atoms with Crippen molar-refractivity contribution in [1.29, 1.82) is 0 Å². The molecule has 0 saturated carbocycles. The van der Waals surface area contributed by atoms with E-state index in [-0.39, 0.29) is 31.0 Å². The van der Waals surface area contributed by atoms with Gasteiger partial charge in [0.15, 0.2) is 5.82 Å². The first-order valence-electron chi connectivity index (χ1n) is 12.2. The van der Waals surface area contributed by atoms with Crippen LogP contribution < -0.4 is 4.90 Å². The van der Waals surface area contributed by atoms with Crippen LogP contribution in [-0.2, 0) is 14.3 Å². The molecule has 1 unspecified atom stereocenters. The molecule has 2 amide bonds. The van der Waals surface area contributed by atoms with Gasteiger partial charge in [-0.3, -0.25) is 9.59 Å². The van der Waals surface area contributed by atoms with Gasteiger partial charge in [0.2, 0.25) is 11.8 Å². The number of carbonyl (C=O) groups excluding carboxylic acids is 2. The predicted octanol–water partition coefficient (Wildman–Crippen LogP) is 3.34. The molecule has 36 heavy (non-hydrogen) atoms. The highest BCUT2D eigenvalue weighted by atomic mass is 16.5. The Kier molecular flexibility index (Phi) is 8.28. The van der Waals surface area contributed by atoms with Crippen LogP contribution in [0.3, 0.4) is 0 Å². The summed E-state index contributed by atoms with van der Waals surface area (Å²) >= 11 is 0. The first-order valence-corrected chi connectivity index (χ1v) is 12.2. The molecule has 4 rings (SSSR count). The number of ether oxygens (including phenoxy) is 1. The third-order valence-electron chi connectivity index (χ3n) is 6.60.